The Hall–Kier alpha value is -2.33. The van der Waals surface area contributed by atoms with Gasteiger partial charge in [-0.25, -0.2) is 4.99 Å². The molecular weight excluding hydrogens is 461 g/mol. The lowest BCUT2D eigenvalue weighted by Gasteiger charge is -2.17. The molecule has 1 aromatic carbocycles. The molecule has 0 radical (unpaired) electrons. The monoisotopic (exact) mass is 481 g/mol. The Labute approximate surface area is 194 Å². The molecule has 1 N–H and O–H groups in total. The molecule has 0 unspecified atom stereocenters. The van der Waals surface area contributed by atoms with Gasteiger partial charge in [-0.1, -0.05) is 35.0 Å². The lowest BCUT2D eigenvalue weighted by atomic mass is 10.2. The van der Waals surface area contributed by atoms with Crippen LogP contribution in [-0.4, -0.2) is 57.7 Å². The molecule has 31 heavy (non-hydrogen) atoms. The van der Waals surface area contributed by atoms with E-state index in [9.17, 15) is 9.59 Å². The average molecular weight is 482 g/mol. The first-order chi connectivity index (χ1) is 14.9. The van der Waals surface area contributed by atoms with Gasteiger partial charge in [0.15, 0.2) is 5.17 Å². The Kier molecular flexibility index (Phi) is 8.14. The fourth-order valence-corrected chi connectivity index (χ4v) is 4.07. The number of amidine groups is 1. The number of anilines is 1. The van der Waals surface area contributed by atoms with E-state index in [-0.39, 0.29) is 17.6 Å². The summed E-state index contributed by atoms with van der Waals surface area (Å²) in [7, 11) is 3.40. The van der Waals surface area contributed by atoms with Crippen molar-refractivity contribution in [2.24, 2.45) is 12.0 Å². The minimum Gasteiger partial charge on any atom is -0.385 e. The van der Waals surface area contributed by atoms with Gasteiger partial charge < -0.3 is 10.1 Å². The van der Waals surface area contributed by atoms with E-state index in [0.717, 1.165) is 5.56 Å². The van der Waals surface area contributed by atoms with Gasteiger partial charge in [0.2, 0.25) is 5.91 Å². The van der Waals surface area contributed by atoms with E-state index in [0.29, 0.717) is 46.2 Å². The highest BCUT2D eigenvalue weighted by Gasteiger charge is 2.30. The largest absolute Gasteiger partial charge is 0.385 e. The van der Waals surface area contributed by atoms with Crippen molar-refractivity contribution in [3.8, 4) is 0 Å². The third-order valence-electron chi connectivity index (χ3n) is 4.21. The van der Waals surface area contributed by atoms with Crippen LogP contribution in [0.1, 0.15) is 12.0 Å². The first-order valence-electron chi connectivity index (χ1n) is 9.35. The molecule has 0 fully saturated rings. The first-order valence-corrected chi connectivity index (χ1v) is 11.1. The van der Waals surface area contributed by atoms with Gasteiger partial charge in [-0.2, -0.15) is 5.10 Å². The van der Waals surface area contributed by atoms with Crippen molar-refractivity contribution in [1.82, 2.24) is 14.7 Å². The van der Waals surface area contributed by atoms with Crippen LogP contribution in [0.15, 0.2) is 41.3 Å². The molecule has 0 atom stereocenters. The number of halogens is 2. The highest BCUT2D eigenvalue weighted by Crippen LogP contribution is 2.27. The van der Waals surface area contributed by atoms with Crippen LogP contribution in [-0.2, 0) is 21.4 Å². The van der Waals surface area contributed by atoms with E-state index >= 15 is 0 Å². The van der Waals surface area contributed by atoms with Crippen LogP contribution < -0.4 is 5.32 Å². The maximum atomic E-state index is 12.9. The second-order valence-electron chi connectivity index (χ2n) is 6.64. The fraction of sp³-hybridized carbons (Fsp3) is 0.300. The van der Waals surface area contributed by atoms with Crippen molar-refractivity contribution in [3.63, 3.8) is 0 Å². The quantitative estimate of drug-likeness (QED) is 0.458. The number of carbonyl (C=O) groups is 2. The molecule has 2 aromatic rings. The van der Waals surface area contributed by atoms with E-state index in [4.69, 9.17) is 27.9 Å². The van der Waals surface area contributed by atoms with Crippen molar-refractivity contribution >= 4 is 63.7 Å². The molecule has 1 aromatic heterocycles. The number of thioether (sulfide) groups is 1. The molecular formula is C20H21Cl2N5O3S. The molecule has 0 aliphatic carbocycles. The summed E-state index contributed by atoms with van der Waals surface area (Å²) in [6, 6.07) is 4.83. The summed E-state index contributed by atoms with van der Waals surface area (Å²) < 4.78 is 6.73. The normalized spacial score (nSPS) is 15.0. The predicted octanol–water partition coefficient (Wildman–Crippen LogP) is 3.67. The molecule has 1 aliphatic heterocycles. The van der Waals surface area contributed by atoms with E-state index in [1.165, 1.54) is 11.8 Å². The number of carbonyl (C=O) groups excluding carboxylic acids is 2. The van der Waals surface area contributed by atoms with Gasteiger partial charge in [0.25, 0.3) is 5.91 Å². The Morgan fingerprint density at radius 2 is 2.16 bits per heavy atom. The molecule has 1 aliphatic rings. The number of nitrogens with one attached hydrogen (secondary N) is 1. The number of amides is 2. The zero-order chi connectivity index (χ0) is 22.4. The Morgan fingerprint density at radius 3 is 2.84 bits per heavy atom. The number of nitrogens with zero attached hydrogens (tertiary/aromatic N) is 4. The van der Waals surface area contributed by atoms with Crippen LogP contribution in [0, 0.1) is 0 Å². The summed E-state index contributed by atoms with van der Waals surface area (Å²) >= 11 is 13.2. The second kappa shape index (κ2) is 10.8. The van der Waals surface area contributed by atoms with Crippen LogP contribution in [0.5, 0.6) is 0 Å². The van der Waals surface area contributed by atoms with Gasteiger partial charge in [0, 0.05) is 44.1 Å². The number of aryl methyl sites for hydroxylation is 1. The van der Waals surface area contributed by atoms with Gasteiger partial charge in [0.05, 0.1) is 22.7 Å². The maximum Gasteiger partial charge on any atom is 0.278 e. The molecule has 2 heterocycles. The van der Waals surface area contributed by atoms with Gasteiger partial charge in [-0.15, -0.1) is 0 Å². The Balaban J connectivity index is 1.70. The van der Waals surface area contributed by atoms with Gasteiger partial charge in [-0.05, 0) is 30.7 Å². The molecule has 8 nitrogen and oxygen atoms in total. The lowest BCUT2D eigenvalue weighted by molar-refractivity contribution is -0.122. The van der Waals surface area contributed by atoms with E-state index in [1.807, 2.05) is 0 Å². The molecule has 11 heteroatoms. The number of methoxy groups -OCH3 is 1. The van der Waals surface area contributed by atoms with Crippen molar-refractivity contribution in [1.29, 1.82) is 0 Å². The van der Waals surface area contributed by atoms with E-state index in [2.05, 4.69) is 15.4 Å². The summed E-state index contributed by atoms with van der Waals surface area (Å²) in [5, 5.41) is 8.14. The molecule has 0 bridgehead atoms. The first kappa shape index (κ1) is 23.3. The standard InChI is InChI=1S/C20H21Cl2N5O3S/c1-26-11-13(10-23-26)8-17-19(29)27(6-3-7-30-2)20(25-17)31-12-18(28)24-16-5-4-14(21)9-15(16)22/h4-5,8-11H,3,6-7,12H2,1-2H3,(H,24,28)/b17-8+. The summed E-state index contributed by atoms with van der Waals surface area (Å²) in [4.78, 5) is 31.3. The number of hydrogen-bond donors (Lipinski definition) is 1. The Bertz CT molecular complexity index is 1040. The molecule has 0 saturated carbocycles. The maximum absolute atomic E-state index is 12.9. The summed E-state index contributed by atoms with van der Waals surface area (Å²) in [5.74, 6) is -0.430. The highest BCUT2D eigenvalue weighted by molar-refractivity contribution is 8.14. The fourth-order valence-electron chi connectivity index (χ4n) is 2.78. The summed E-state index contributed by atoms with van der Waals surface area (Å²) in [6.45, 7) is 0.951. The topological polar surface area (TPSA) is 88.8 Å². The van der Waals surface area contributed by atoms with Crippen LogP contribution in [0.2, 0.25) is 10.0 Å². The van der Waals surface area contributed by atoms with Gasteiger partial charge >= 0.3 is 0 Å². The zero-order valence-electron chi connectivity index (χ0n) is 17.0. The smallest absolute Gasteiger partial charge is 0.278 e. The molecule has 0 spiro atoms. The Morgan fingerprint density at radius 1 is 1.35 bits per heavy atom. The van der Waals surface area contributed by atoms with Crippen molar-refractivity contribution in [2.75, 3.05) is 31.3 Å². The average Bonchev–Trinajstić information content (AvgIpc) is 3.26. The number of ether oxygens (including phenoxy) is 1. The number of aliphatic imine (C=N–C) groups is 1. The van der Waals surface area contributed by atoms with Crippen LogP contribution in [0.4, 0.5) is 5.69 Å². The number of aromatic nitrogens is 2. The molecule has 3 rings (SSSR count). The minimum atomic E-state index is -0.272. The van der Waals surface area contributed by atoms with Crippen LogP contribution in [0.3, 0.4) is 0 Å². The van der Waals surface area contributed by atoms with Gasteiger partial charge in [-0.3, -0.25) is 19.2 Å². The summed E-state index contributed by atoms with van der Waals surface area (Å²) in [5.41, 5.74) is 1.54. The van der Waals surface area contributed by atoms with E-state index in [1.54, 1.807) is 60.4 Å². The number of benzene rings is 1. The lowest BCUT2D eigenvalue weighted by Crippen LogP contribution is -2.32. The number of rotatable bonds is 8. The van der Waals surface area contributed by atoms with Crippen LogP contribution in [0.25, 0.3) is 6.08 Å². The van der Waals surface area contributed by atoms with Gasteiger partial charge in [0.1, 0.15) is 5.70 Å². The molecule has 164 valence electrons. The summed E-state index contributed by atoms with van der Waals surface area (Å²) in [6.07, 6.45) is 5.77. The van der Waals surface area contributed by atoms with Crippen molar-refractivity contribution < 1.29 is 14.3 Å². The second-order valence-corrected chi connectivity index (χ2v) is 8.42. The highest BCUT2D eigenvalue weighted by atomic mass is 35.5. The van der Waals surface area contributed by atoms with Crippen molar-refractivity contribution in [3.05, 3.63) is 51.9 Å². The molecule has 0 saturated heterocycles. The third kappa shape index (κ3) is 6.33. The number of hydrogen-bond acceptors (Lipinski definition) is 6. The zero-order valence-corrected chi connectivity index (χ0v) is 19.3. The SMILES string of the molecule is COCCCN1C(=O)/C(=C\c2cnn(C)c2)N=C1SCC(=O)Nc1ccc(Cl)cc1Cl. The van der Waals surface area contributed by atoms with Crippen molar-refractivity contribution in [2.45, 2.75) is 6.42 Å². The third-order valence-corrected chi connectivity index (χ3v) is 5.73. The van der Waals surface area contributed by atoms with Crippen LogP contribution >= 0.6 is 35.0 Å². The molecule has 2 amide bonds. The minimum absolute atomic E-state index is 0.0615. The van der Waals surface area contributed by atoms with E-state index < -0.39 is 0 Å². The predicted molar refractivity (Wildman–Crippen MR) is 124 cm³/mol.